The Bertz CT molecular complexity index is 2120. The number of carbonyl (C=O) groups is 7. The number of aliphatic carboxylic acids is 1. The smallest absolute Gasteiger partial charge is 0.309 e. The van der Waals surface area contributed by atoms with Gasteiger partial charge in [-0.1, -0.05) is 66.5 Å². The fourth-order valence-electron chi connectivity index (χ4n) is 8.46. The van der Waals surface area contributed by atoms with Crippen molar-refractivity contribution in [1.29, 1.82) is 0 Å². The number of unbranched alkanes of at least 4 members (excludes halogenated alkanes) is 2. The Hall–Kier alpha value is -5.38. The number of esters is 1. The summed E-state index contributed by atoms with van der Waals surface area (Å²) in [4.78, 5) is 102. The summed E-state index contributed by atoms with van der Waals surface area (Å²) in [5.41, 5.74) is 5.95. The molecule has 2 heterocycles. The molecule has 1 aromatic heterocycles. The van der Waals surface area contributed by atoms with Gasteiger partial charge in [0.15, 0.2) is 6.10 Å². The first-order valence-corrected chi connectivity index (χ1v) is 25.7. The fourth-order valence-corrected chi connectivity index (χ4v) is 9.30. The standard InChI is InChI=1S/C52H80N8O9S/c1-13-15-16-18-26-60(50(66)44(33(7)14-2)58-47(64)40-20-17-19-25-59(40)12)41(31(3)4)28-42(69-35(9)61)49-57-39(30-70-49)46(63)56-38(29-52(10,11)51(67)68)27-36-21-23-37(24-22-36)55-45(62)34(8)54-48(65)43(53)32(5)6/h1,21-24,30-34,38,40-44H,14-20,25-29,53H2,2-12H3,(H,54,65)(H,55,62)(H,56,63)(H,58,64)(H,67,68)/t33-,34-,38-,40+,41+,42+,43-,44-/m0/s1. The van der Waals surface area contributed by atoms with Crippen LogP contribution in [-0.4, -0.2) is 118 Å². The topological polar surface area (TPSA) is 242 Å². The fraction of sp³-hybridized carbons (Fsp3) is 0.654. The van der Waals surface area contributed by atoms with E-state index in [9.17, 15) is 38.7 Å². The largest absolute Gasteiger partial charge is 0.481 e. The molecule has 7 N–H and O–H groups in total. The first-order chi connectivity index (χ1) is 32.9. The van der Waals surface area contributed by atoms with Gasteiger partial charge in [-0.3, -0.25) is 38.5 Å². The van der Waals surface area contributed by atoms with Gasteiger partial charge >= 0.3 is 11.9 Å². The summed E-state index contributed by atoms with van der Waals surface area (Å²) in [7, 11) is 1.93. The van der Waals surface area contributed by atoms with Crippen molar-refractivity contribution < 1.29 is 43.4 Å². The Kier molecular flexibility index (Phi) is 23.5. The zero-order valence-corrected chi connectivity index (χ0v) is 44.1. The number of anilines is 1. The molecule has 0 unspecified atom stereocenters. The van der Waals surface area contributed by atoms with Crippen molar-refractivity contribution in [3.63, 3.8) is 0 Å². The number of carboxylic acid groups (broad SMARTS) is 1. The van der Waals surface area contributed by atoms with Crippen LogP contribution in [0.15, 0.2) is 29.6 Å². The number of hydrogen-bond donors (Lipinski definition) is 6. The number of rotatable bonds is 27. The van der Waals surface area contributed by atoms with Gasteiger partial charge in [-0.25, -0.2) is 4.98 Å². The number of hydrogen-bond acceptors (Lipinski definition) is 12. The summed E-state index contributed by atoms with van der Waals surface area (Å²) in [5, 5.41) is 23.5. The number of likely N-dealkylation sites (N-methyl/N-ethyl adjacent to an activating group) is 1. The zero-order chi connectivity index (χ0) is 52.5. The molecule has 1 fully saturated rings. The maximum Gasteiger partial charge on any atom is 0.309 e. The Morgan fingerprint density at radius 2 is 1.66 bits per heavy atom. The van der Waals surface area contributed by atoms with Gasteiger partial charge in [0.1, 0.15) is 22.8 Å². The lowest BCUT2D eigenvalue weighted by Gasteiger charge is -2.40. The number of aromatic nitrogens is 1. The van der Waals surface area contributed by atoms with Crippen LogP contribution in [0, 0.1) is 35.5 Å². The second kappa shape index (κ2) is 27.9. The number of benzene rings is 1. The lowest BCUT2D eigenvalue weighted by Crippen LogP contribution is -2.59. The Morgan fingerprint density at radius 1 is 0.986 bits per heavy atom. The van der Waals surface area contributed by atoms with Crippen LogP contribution in [-0.2, 0) is 39.9 Å². The predicted octanol–water partition coefficient (Wildman–Crippen LogP) is 6.08. The third-order valence-corrected chi connectivity index (χ3v) is 14.2. The molecule has 2 aromatic rings. The van der Waals surface area contributed by atoms with Crippen molar-refractivity contribution in [2.45, 2.75) is 176 Å². The van der Waals surface area contributed by atoms with Gasteiger partial charge in [0.05, 0.1) is 17.5 Å². The van der Waals surface area contributed by atoms with Crippen molar-refractivity contribution >= 4 is 58.5 Å². The molecule has 0 radical (unpaired) electrons. The molecular formula is C52H80N8O9S. The van der Waals surface area contributed by atoms with Crippen molar-refractivity contribution in [2.75, 3.05) is 25.5 Å². The monoisotopic (exact) mass is 993 g/mol. The van der Waals surface area contributed by atoms with Gasteiger partial charge < -0.3 is 41.7 Å². The lowest BCUT2D eigenvalue weighted by atomic mass is 9.84. The van der Waals surface area contributed by atoms with Crippen LogP contribution < -0.4 is 27.0 Å². The molecule has 0 bridgehead atoms. The predicted molar refractivity (Wildman–Crippen MR) is 272 cm³/mol. The van der Waals surface area contributed by atoms with Gasteiger partial charge in [-0.2, -0.15) is 0 Å². The summed E-state index contributed by atoms with van der Waals surface area (Å²) in [6.07, 6.45) is 10.2. The van der Waals surface area contributed by atoms with E-state index >= 15 is 0 Å². The van der Waals surface area contributed by atoms with E-state index < -0.39 is 71.4 Å². The van der Waals surface area contributed by atoms with E-state index in [1.807, 2.05) is 53.5 Å². The maximum absolute atomic E-state index is 14.9. The highest BCUT2D eigenvalue weighted by Gasteiger charge is 2.39. The summed E-state index contributed by atoms with van der Waals surface area (Å²) in [5.74, 6) is -1.20. The van der Waals surface area contributed by atoms with E-state index in [4.69, 9.17) is 16.9 Å². The highest BCUT2D eigenvalue weighted by atomic mass is 32.1. The average Bonchev–Trinajstić information content (AvgIpc) is 3.80. The normalized spacial score (nSPS) is 17.2. The van der Waals surface area contributed by atoms with Crippen LogP contribution in [0.4, 0.5) is 5.69 Å². The number of nitrogens with one attached hydrogen (secondary N) is 4. The van der Waals surface area contributed by atoms with Crippen LogP contribution in [0.2, 0.25) is 0 Å². The molecule has 5 amide bonds. The number of carboxylic acids is 1. The minimum atomic E-state index is -1.23. The SMILES string of the molecule is C#CCCCCN(C(=O)[C@@H](NC(=O)[C@H]1CCCCN1C)[C@@H](C)CC)[C@H](C[C@@H](OC(C)=O)c1nc(C(=O)N[C@@H](Cc2ccc(NC(=O)[C@H](C)NC(=O)[C@@H](N)C(C)C)cc2)CC(C)(C)C(=O)O)cs1)C(C)C. The number of nitrogens with zero attached hydrogens (tertiary/aromatic N) is 3. The molecule has 0 saturated carbocycles. The highest BCUT2D eigenvalue weighted by molar-refractivity contribution is 7.09. The molecule has 8 atom stereocenters. The lowest BCUT2D eigenvalue weighted by molar-refractivity contribution is -0.150. The van der Waals surface area contributed by atoms with E-state index in [1.165, 1.54) is 6.92 Å². The molecule has 70 heavy (non-hydrogen) atoms. The van der Waals surface area contributed by atoms with E-state index in [2.05, 4.69) is 32.2 Å². The van der Waals surface area contributed by atoms with Crippen LogP contribution in [0.25, 0.3) is 0 Å². The summed E-state index contributed by atoms with van der Waals surface area (Å²) < 4.78 is 5.92. The van der Waals surface area contributed by atoms with Gasteiger partial charge in [-0.15, -0.1) is 23.7 Å². The number of piperidine rings is 1. The number of likely N-dealkylation sites (tertiary alicyclic amines) is 1. The molecule has 17 nitrogen and oxygen atoms in total. The summed E-state index contributed by atoms with van der Waals surface area (Å²) in [6.45, 7) is 18.7. The first kappa shape index (κ1) is 58.9. The number of terminal acetylenes is 1. The van der Waals surface area contributed by atoms with E-state index in [0.29, 0.717) is 49.3 Å². The molecule has 388 valence electrons. The quantitative estimate of drug-likeness (QED) is 0.0339. The number of carbonyl (C=O) groups excluding carboxylic acids is 6. The number of amides is 5. The average molecular weight is 993 g/mol. The molecule has 1 aromatic carbocycles. The van der Waals surface area contributed by atoms with Crippen molar-refractivity contribution in [3.05, 3.63) is 45.9 Å². The number of thiazole rings is 1. The molecule has 0 spiro atoms. The van der Waals surface area contributed by atoms with Crippen molar-refractivity contribution in [1.82, 2.24) is 30.7 Å². The van der Waals surface area contributed by atoms with E-state index in [1.54, 1.807) is 55.3 Å². The van der Waals surface area contributed by atoms with Gasteiger partial charge in [0, 0.05) is 49.5 Å². The van der Waals surface area contributed by atoms with Crippen molar-refractivity contribution in [2.24, 2.45) is 28.9 Å². The molecule has 0 aliphatic carbocycles. The maximum atomic E-state index is 14.9. The third kappa shape index (κ3) is 17.8. The highest BCUT2D eigenvalue weighted by Crippen LogP contribution is 2.33. The second-order valence-corrected chi connectivity index (χ2v) is 21.1. The van der Waals surface area contributed by atoms with Gasteiger partial charge in [0.25, 0.3) is 5.91 Å². The molecule has 18 heteroatoms. The van der Waals surface area contributed by atoms with E-state index in [0.717, 1.165) is 36.3 Å². The Balaban J connectivity index is 1.89. The minimum absolute atomic E-state index is 0.0412. The van der Waals surface area contributed by atoms with Gasteiger partial charge in [-0.05, 0) is 108 Å². The van der Waals surface area contributed by atoms with Crippen LogP contribution in [0.1, 0.15) is 154 Å². The third-order valence-electron chi connectivity index (χ3n) is 13.2. The Labute approximate surface area is 419 Å². The number of nitrogens with two attached hydrogens (primary N) is 1. The van der Waals surface area contributed by atoms with Crippen molar-refractivity contribution in [3.8, 4) is 12.3 Å². The minimum Gasteiger partial charge on any atom is -0.481 e. The number of ether oxygens (including phenoxy) is 1. The first-order valence-electron chi connectivity index (χ1n) is 24.8. The molecule has 1 aliphatic rings. The summed E-state index contributed by atoms with van der Waals surface area (Å²) in [6, 6.07) is 2.98. The second-order valence-electron chi connectivity index (χ2n) is 20.2. The van der Waals surface area contributed by atoms with Crippen LogP contribution >= 0.6 is 11.3 Å². The zero-order valence-electron chi connectivity index (χ0n) is 43.3. The van der Waals surface area contributed by atoms with Crippen LogP contribution in [0.5, 0.6) is 0 Å². The van der Waals surface area contributed by atoms with Gasteiger partial charge in [0.2, 0.25) is 23.6 Å². The Morgan fingerprint density at radius 3 is 2.23 bits per heavy atom. The van der Waals surface area contributed by atoms with E-state index in [-0.39, 0.29) is 60.6 Å². The summed E-state index contributed by atoms with van der Waals surface area (Å²) >= 11 is 1.13. The molecule has 1 aliphatic heterocycles. The molecule has 3 rings (SSSR count). The molecule has 1 saturated heterocycles. The molecular weight excluding hydrogens is 913 g/mol. The van der Waals surface area contributed by atoms with Crippen LogP contribution in [0.3, 0.4) is 0 Å².